The van der Waals surface area contributed by atoms with Gasteiger partial charge < -0.3 is 15.0 Å². The number of hydrogen-bond acceptors (Lipinski definition) is 6. The number of amides is 2. The van der Waals surface area contributed by atoms with Gasteiger partial charge >= 0.3 is 5.97 Å². The van der Waals surface area contributed by atoms with Gasteiger partial charge in [-0.05, 0) is 11.4 Å². The molecule has 0 saturated carbocycles. The monoisotopic (exact) mass is 330 g/mol. The smallest absolute Gasteiger partial charge is 0.316 e. The molecule has 1 N–H and O–H groups in total. The molecule has 116 valence electrons. The highest BCUT2D eigenvalue weighted by atomic mass is 32.2. The first kappa shape index (κ1) is 17.5. The largest absolute Gasteiger partial charge is 0.455 e. The van der Waals surface area contributed by atoms with Crippen molar-refractivity contribution in [3.8, 4) is 0 Å². The summed E-state index contributed by atoms with van der Waals surface area (Å²) in [5, 5.41) is 4.36. The average Bonchev–Trinajstić information content (AvgIpc) is 2.95. The third-order valence-corrected chi connectivity index (χ3v) is 4.36. The van der Waals surface area contributed by atoms with E-state index in [2.05, 4.69) is 5.32 Å². The van der Waals surface area contributed by atoms with E-state index in [1.807, 2.05) is 17.5 Å². The highest BCUT2D eigenvalue weighted by molar-refractivity contribution is 7.99. The van der Waals surface area contributed by atoms with E-state index in [9.17, 15) is 14.4 Å². The maximum Gasteiger partial charge on any atom is 0.316 e. The molecule has 1 rings (SSSR count). The minimum atomic E-state index is -0.484. The minimum absolute atomic E-state index is 0.101. The Morgan fingerprint density at radius 3 is 2.76 bits per heavy atom. The van der Waals surface area contributed by atoms with Gasteiger partial charge in [-0.2, -0.15) is 0 Å². The summed E-state index contributed by atoms with van der Waals surface area (Å²) in [6.07, 6.45) is 0. The second-order valence-electron chi connectivity index (χ2n) is 4.30. The first-order valence-corrected chi connectivity index (χ1v) is 8.25. The molecular formula is C13H18N2O4S2. The number of nitrogens with one attached hydrogen (secondary N) is 1. The maximum atomic E-state index is 11.4. The number of rotatable bonds is 8. The zero-order chi connectivity index (χ0) is 15.7. The minimum Gasteiger partial charge on any atom is -0.455 e. The summed E-state index contributed by atoms with van der Waals surface area (Å²) in [6, 6.07) is 3.95. The molecule has 1 aromatic rings. The molecular weight excluding hydrogens is 312 g/mol. The van der Waals surface area contributed by atoms with Crippen LogP contribution in [0.4, 0.5) is 0 Å². The molecule has 0 fully saturated rings. The lowest BCUT2D eigenvalue weighted by Crippen LogP contribution is -2.38. The molecule has 21 heavy (non-hydrogen) atoms. The van der Waals surface area contributed by atoms with Crippen molar-refractivity contribution in [3.05, 3.63) is 22.4 Å². The van der Waals surface area contributed by atoms with E-state index in [4.69, 9.17) is 4.74 Å². The fraction of sp³-hybridized carbons (Fsp3) is 0.462. The van der Waals surface area contributed by atoms with E-state index in [-0.39, 0.29) is 24.8 Å². The number of thioether (sulfide) groups is 1. The van der Waals surface area contributed by atoms with E-state index in [1.165, 1.54) is 21.5 Å². The lowest BCUT2D eigenvalue weighted by Gasteiger charge is -2.11. The first-order valence-electron chi connectivity index (χ1n) is 6.21. The molecule has 0 radical (unpaired) electrons. The Hall–Kier alpha value is -1.54. The maximum absolute atomic E-state index is 11.4. The highest BCUT2D eigenvalue weighted by Gasteiger charge is 2.10. The van der Waals surface area contributed by atoms with E-state index in [0.29, 0.717) is 0 Å². The van der Waals surface area contributed by atoms with Gasteiger partial charge in [0.05, 0.1) is 12.3 Å². The zero-order valence-electron chi connectivity index (χ0n) is 12.0. The summed E-state index contributed by atoms with van der Waals surface area (Å²) < 4.78 is 4.82. The topological polar surface area (TPSA) is 75.7 Å². The van der Waals surface area contributed by atoms with E-state index >= 15 is 0 Å². The van der Waals surface area contributed by atoms with Crippen molar-refractivity contribution in [3.63, 3.8) is 0 Å². The molecule has 8 heteroatoms. The van der Waals surface area contributed by atoms with Crippen LogP contribution >= 0.6 is 23.1 Å². The SMILES string of the molecule is CN(C)C(=O)CNC(=O)COC(=O)CSCc1cccs1. The predicted molar refractivity (Wildman–Crippen MR) is 83.1 cm³/mol. The van der Waals surface area contributed by atoms with Crippen molar-refractivity contribution in [1.29, 1.82) is 0 Å². The van der Waals surface area contributed by atoms with Crippen LogP contribution in [0.5, 0.6) is 0 Å². The first-order chi connectivity index (χ1) is 9.99. The zero-order valence-corrected chi connectivity index (χ0v) is 13.6. The molecule has 1 aromatic heterocycles. The second kappa shape index (κ2) is 9.41. The molecule has 0 bridgehead atoms. The lowest BCUT2D eigenvalue weighted by molar-refractivity contribution is -0.146. The summed E-state index contributed by atoms with van der Waals surface area (Å²) >= 11 is 3.07. The van der Waals surface area contributed by atoms with Crippen LogP contribution in [0.1, 0.15) is 4.88 Å². The van der Waals surface area contributed by atoms with Crippen LogP contribution in [0.3, 0.4) is 0 Å². The number of hydrogen-bond donors (Lipinski definition) is 1. The molecule has 2 amide bonds. The fourth-order valence-corrected chi connectivity index (χ4v) is 2.86. The lowest BCUT2D eigenvalue weighted by atomic mass is 10.5. The summed E-state index contributed by atoms with van der Waals surface area (Å²) in [5.74, 6) is -0.202. The Balaban J connectivity index is 2.09. The van der Waals surface area contributed by atoms with Gasteiger partial charge in [0.1, 0.15) is 0 Å². The number of thiophene rings is 1. The van der Waals surface area contributed by atoms with Gasteiger partial charge in [0.25, 0.3) is 5.91 Å². The third-order valence-electron chi connectivity index (χ3n) is 2.34. The van der Waals surface area contributed by atoms with Gasteiger partial charge in [-0.15, -0.1) is 23.1 Å². The fourth-order valence-electron chi connectivity index (χ4n) is 1.20. The number of carbonyl (C=O) groups excluding carboxylic acids is 3. The summed E-state index contributed by atoms with van der Waals surface area (Å²) in [5.41, 5.74) is 0. The Labute approximate surface area is 131 Å². The van der Waals surface area contributed by atoms with Crippen molar-refractivity contribution in [2.45, 2.75) is 5.75 Å². The van der Waals surface area contributed by atoms with Gasteiger partial charge in [-0.25, -0.2) is 0 Å². The van der Waals surface area contributed by atoms with Crippen molar-refractivity contribution < 1.29 is 19.1 Å². The van der Waals surface area contributed by atoms with E-state index < -0.39 is 11.9 Å². The Morgan fingerprint density at radius 2 is 2.14 bits per heavy atom. The van der Waals surface area contributed by atoms with Crippen LogP contribution in [0, 0.1) is 0 Å². The molecule has 0 atom stereocenters. The molecule has 0 unspecified atom stereocenters. The molecule has 0 aromatic carbocycles. The highest BCUT2D eigenvalue weighted by Crippen LogP contribution is 2.16. The van der Waals surface area contributed by atoms with Crippen LogP contribution in [-0.4, -0.2) is 55.7 Å². The third kappa shape index (κ3) is 7.72. The summed E-state index contributed by atoms with van der Waals surface area (Å²) in [4.78, 5) is 36.6. The standard InChI is InChI=1S/C13H18N2O4S2/c1-15(2)12(17)6-14-11(16)7-19-13(18)9-20-8-10-4-3-5-21-10/h3-5H,6-9H2,1-2H3,(H,14,16). The summed E-state index contributed by atoms with van der Waals surface area (Å²) in [6.45, 7) is -0.463. The second-order valence-corrected chi connectivity index (χ2v) is 6.32. The van der Waals surface area contributed by atoms with Crippen LogP contribution < -0.4 is 5.32 Å². The number of ether oxygens (including phenoxy) is 1. The molecule has 0 aliphatic rings. The Bertz CT molecular complexity index is 475. The van der Waals surface area contributed by atoms with E-state index in [0.717, 1.165) is 5.75 Å². The van der Waals surface area contributed by atoms with Gasteiger partial charge in [0.15, 0.2) is 6.61 Å². The molecule has 0 aliphatic heterocycles. The van der Waals surface area contributed by atoms with Crippen LogP contribution in [0.15, 0.2) is 17.5 Å². The van der Waals surface area contributed by atoms with Gasteiger partial charge in [0, 0.05) is 24.7 Å². The van der Waals surface area contributed by atoms with Crippen LogP contribution in [0.25, 0.3) is 0 Å². The Morgan fingerprint density at radius 1 is 1.38 bits per heavy atom. The van der Waals surface area contributed by atoms with E-state index in [1.54, 1.807) is 25.4 Å². The predicted octanol–water partition coefficient (Wildman–Crippen LogP) is 0.729. The molecule has 6 nitrogen and oxygen atoms in total. The van der Waals surface area contributed by atoms with Crippen molar-refractivity contribution >= 4 is 40.9 Å². The van der Waals surface area contributed by atoms with Gasteiger partial charge in [-0.1, -0.05) is 6.07 Å². The Kier molecular flexibility index (Phi) is 7.84. The van der Waals surface area contributed by atoms with Crippen molar-refractivity contribution in [2.24, 2.45) is 0 Å². The molecule has 0 saturated heterocycles. The molecule has 0 spiro atoms. The van der Waals surface area contributed by atoms with Crippen LogP contribution in [0.2, 0.25) is 0 Å². The molecule has 0 aliphatic carbocycles. The molecule has 1 heterocycles. The van der Waals surface area contributed by atoms with Gasteiger partial charge in [0.2, 0.25) is 5.91 Å². The van der Waals surface area contributed by atoms with Crippen molar-refractivity contribution in [1.82, 2.24) is 10.2 Å². The summed E-state index contributed by atoms with van der Waals surface area (Å²) in [7, 11) is 3.19. The van der Waals surface area contributed by atoms with Crippen molar-refractivity contribution in [2.75, 3.05) is 33.0 Å². The normalized spacial score (nSPS) is 10.0. The van der Waals surface area contributed by atoms with Gasteiger partial charge in [-0.3, -0.25) is 14.4 Å². The number of carbonyl (C=O) groups is 3. The number of esters is 1. The quantitative estimate of drug-likeness (QED) is 0.711. The number of nitrogens with zero attached hydrogens (tertiary/aromatic N) is 1. The number of likely N-dealkylation sites (N-methyl/N-ethyl adjacent to an activating group) is 1. The average molecular weight is 330 g/mol. The van der Waals surface area contributed by atoms with Crippen LogP contribution in [-0.2, 0) is 24.9 Å².